The van der Waals surface area contributed by atoms with Crippen LogP contribution in [0.1, 0.15) is 37.4 Å². The Labute approximate surface area is 167 Å². The maximum atomic E-state index is 13.2. The maximum Gasteiger partial charge on any atom is 0.196 e. The highest BCUT2D eigenvalue weighted by Crippen LogP contribution is 2.41. The van der Waals surface area contributed by atoms with Crippen LogP contribution < -0.4 is 15.2 Å². The monoisotopic (exact) mass is 390 g/mol. The van der Waals surface area contributed by atoms with E-state index in [1.165, 1.54) is 19.1 Å². The van der Waals surface area contributed by atoms with Crippen molar-refractivity contribution in [3.8, 4) is 5.75 Å². The van der Waals surface area contributed by atoms with Gasteiger partial charge in [-0.3, -0.25) is 9.59 Å². The smallest absolute Gasteiger partial charge is 0.196 e. The number of ether oxygens (including phenoxy) is 1. The lowest BCUT2D eigenvalue weighted by Crippen LogP contribution is -2.23. The van der Waals surface area contributed by atoms with Gasteiger partial charge in [-0.2, -0.15) is 0 Å². The molecule has 0 aromatic heterocycles. The van der Waals surface area contributed by atoms with Crippen molar-refractivity contribution in [3.05, 3.63) is 82.4 Å². The number of hydrogen-bond donors (Lipinski definition) is 2. The molecule has 0 heterocycles. The number of benzene rings is 3. The lowest BCUT2D eigenvalue weighted by molar-refractivity contribution is 0.0980. The van der Waals surface area contributed by atoms with Gasteiger partial charge in [-0.15, -0.1) is 0 Å². The third kappa shape index (κ3) is 2.92. The van der Waals surface area contributed by atoms with Crippen LogP contribution in [0.15, 0.2) is 59.5 Å². The second-order valence-corrected chi connectivity index (χ2v) is 7.39. The topological polar surface area (TPSA) is 81.4 Å². The highest BCUT2D eigenvalue weighted by atomic mass is 32.2. The van der Waals surface area contributed by atoms with Gasteiger partial charge in [-0.25, -0.2) is 0 Å². The molecule has 1 aliphatic carbocycles. The zero-order valence-electron chi connectivity index (χ0n) is 15.4. The van der Waals surface area contributed by atoms with Crippen molar-refractivity contribution < 1.29 is 14.3 Å². The Kier molecular flexibility index (Phi) is 4.57. The highest BCUT2D eigenvalue weighted by Gasteiger charge is 2.35. The average molecular weight is 390 g/mol. The van der Waals surface area contributed by atoms with E-state index in [-0.39, 0.29) is 28.4 Å². The van der Waals surface area contributed by atoms with Crippen molar-refractivity contribution in [2.45, 2.75) is 11.8 Å². The SMILES string of the molecule is COc1cc(NSc2ccc(C)cc2)c2c(c1N)C(=O)c1ccccc1C2=O. The van der Waals surface area contributed by atoms with Crippen LogP contribution in [0.25, 0.3) is 0 Å². The van der Waals surface area contributed by atoms with Gasteiger partial charge in [0, 0.05) is 22.1 Å². The van der Waals surface area contributed by atoms with Crippen LogP contribution >= 0.6 is 11.9 Å². The second-order valence-electron chi connectivity index (χ2n) is 6.51. The first-order chi connectivity index (χ1) is 13.5. The summed E-state index contributed by atoms with van der Waals surface area (Å²) in [4.78, 5) is 27.2. The minimum absolute atomic E-state index is 0.177. The first kappa shape index (κ1) is 18.1. The number of aryl methyl sites for hydroxylation is 1. The molecule has 28 heavy (non-hydrogen) atoms. The van der Waals surface area contributed by atoms with Gasteiger partial charge >= 0.3 is 0 Å². The first-order valence-electron chi connectivity index (χ1n) is 8.69. The number of nitrogens with one attached hydrogen (secondary N) is 1. The van der Waals surface area contributed by atoms with E-state index in [0.717, 1.165) is 10.5 Å². The molecule has 0 fully saturated rings. The van der Waals surface area contributed by atoms with Gasteiger partial charge in [0.2, 0.25) is 0 Å². The molecule has 5 nitrogen and oxygen atoms in total. The lowest BCUT2D eigenvalue weighted by Gasteiger charge is -2.23. The second kappa shape index (κ2) is 7.05. The standard InChI is InChI=1S/C22H18N2O3S/c1-12-7-9-13(10-8-12)28-24-16-11-17(27-2)20(23)19-18(16)21(25)14-5-3-4-6-15(14)22(19)26/h3-11,24H,23H2,1-2H3. The summed E-state index contributed by atoms with van der Waals surface area (Å²) in [6.45, 7) is 2.02. The quantitative estimate of drug-likeness (QED) is 0.395. The van der Waals surface area contributed by atoms with E-state index in [1.54, 1.807) is 30.3 Å². The summed E-state index contributed by atoms with van der Waals surface area (Å²) in [7, 11) is 1.48. The molecule has 140 valence electrons. The minimum atomic E-state index is -0.273. The summed E-state index contributed by atoms with van der Waals surface area (Å²) in [6.07, 6.45) is 0. The van der Waals surface area contributed by atoms with E-state index in [9.17, 15) is 9.59 Å². The Balaban J connectivity index is 1.82. The number of anilines is 2. The van der Waals surface area contributed by atoms with Crippen LogP contribution in [-0.4, -0.2) is 18.7 Å². The number of hydrogen-bond acceptors (Lipinski definition) is 6. The van der Waals surface area contributed by atoms with Gasteiger partial charge < -0.3 is 15.2 Å². The van der Waals surface area contributed by atoms with E-state index in [1.807, 2.05) is 31.2 Å². The van der Waals surface area contributed by atoms with Gasteiger partial charge in [0.15, 0.2) is 11.6 Å². The summed E-state index contributed by atoms with van der Waals surface area (Å²) < 4.78 is 8.55. The summed E-state index contributed by atoms with van der Waals surface area (Å²) in [6, 6.07) is 16.4. The Hall–Kier alpha value is -3.25. The Bertz CT molecular complexity index is 1110. The van der Waals surface area contributed by atoms with E-state index in [0.29, 0.717) is 22.6 Å². The molecular weight excluding hydrogens is 372 g/mol. The molecule has 0 amide bonds. The van der Waals surface area contributed by atoms with Crippen LogP contribution in [0.5, 0.6) is 5.75 Å². The molecule has 0 unspecified atom stereocenters. The van der Waals surface area contributed by atoms with Crippen LogP contribution in [0.4, 0.5) is 11.4 Å². The molecule has 0 spiro atoms. The van der Waals surface area contributed by atoms with E-state index >= 15 is 0 Å². The summed E-state index contributed by atoms with van der Waals surface area (Å²) in [5.41, 5.74) is 9.23. The fraction of sp³-hybridized carbons (Fsp3) is 0.0909. The van der Waals surface area contributed by atoms with Gasteiger partial charge in [0.25, 0.3) is 0 Å². The lowest BCUT2D eigenvalue weighted by atomic mass is 9.82. The Morgan fingerprint density at radius 2 is 1.54 bits per heavy atom. The fourth-order valence-corrected chi connectivity index (χ4v) is 3.92. The highest BCUT2D eigenvalue weighted by molar-refractivity contribution is 8.00. The summed E-state index contributed by atoms with van der Waals surface area (Å²) >= 11 is 1.35. The Morgan fingerprint density at radius 3 is 2.14 bits per heavy atom. The molecular formula is C22H18N2O3S. The number of nitrogen functional groups attached to an aromatic ring is 1. The van der Waals surface area contributed by atoms with Crippen molar-refractivity contribution in [1.29, 1.82) is 0 Å². The largest absolute Gasteiger partial charge is 0.494 e. The van der Waals surface area contributed by atoms with E-state index in [2.05, 4.69) is 4.72 Å². The van der Waals surface area contributed by atoms with Gasteiger partial charge in [0.1, 0.15) is 5.75 Å². The number of methoxy groups -OCH3 is 1. The molecule has 6 heteroatoms. The molecule has 0 radical (unpaired) electrons. The van der Waals surface area contributed by atoms with Gasteiger partial charge in [-0.05, 0) is 31.0 Å². The normalized spacial score (nSPS) is 12.4. The van der Waals surface area contributed by atoms with Crippen molar-refractivity contribution in [1.82, 2.24) is 0 Å². The van der Waals surface area contributed by atoms with E-state index < -0.39 is 0 Å². The minimum Gasteiger partial charge on any atom is -0.494 e. The zero-order chi connectivity index (χ0) is 19.8. The molecule has 3 N–H and O–H groups in total. The number of fused-ring (bicyclic) bond motifs is 2. The van der Waals surface area contributed by atoms with Crippen molar-refractivity contribution in [2.24, 2.45) is 0 Å². The first-order valence-corrected chi connectivity index (χ1v) is 9.51. The molecule has 0 saturated heterocycles. The fourth-order valence-electron chi connectivity index (χ4n) is 3.26. The zero-order valence-corrected chi connectivity index (χ0v) is 16.2. The summed E-state index contributed by atoms with van der Waals surface area (Å²) in [5.74, 6) is -0.150. The Morgan fingerprint density at radius 1 is 0.929 bits per heavy atom. The molecule has 1 aliphatic rings. The van der Waals surface area contributed by atoms with Gasteiger partial charge in [-0.1, -0.05) is 42.0 Å². The van der Waals surface area contributed by atoms with Crippen LogP contribution in [0.3, 0.4) is 0 Å². The summed E-state index contributed by atoms with van der Waals surface area (Å²) in [5, 5.41) is 0. The van der Waals surface area contributed by atoms with Crippen molar-refractivity contribution in [3.63, 3.8) is 0 Å². The molecule has 0 saturated carbocycles. The van der Waals surface area contributed by atoms with Crippen molar-refractivity contribution in [2.75, 3.05) is 17.6 Å². The molecule has 0 aliphatic heterocycles. The molecule has 4 rings (SSSR count). The van der Waals surface area contributed by atoms with Crippen molar-refractivity contribution >= 4 is 34.9 Å². The van der Waals surface area contributed by atoms with E-state index in [4.69, 9.17) is 10.5 Å². The van der Waals surface area contributed by atoms with Gasteiger partial charge in [0.05, 0.1) is 29.6 Å². The number of rotatable bonds is 4. The third-order valence-electron chi connectivity index (χ3n) is 4.72. The maximum absolute atomic E-state index is 13.2. The number of nitrogens with two attached hydrogens (primary N) is 1. The molecule has 3 aromatic rings. The molecule has 0 bridgehead atoms. The third-order valence-corrected chi connectivity index (χ3v) is 5.55. The number of carbonyl (C=O) groups excluding carboxylic acids is 2. The molecule has 0 atom stereocenters. The van der Waals surface area contributed by atoms with Crippen LogP contribution in [0.2, 0.25) is 0 Å². The molecule has 3 aromatic carbocycles. The van der Waals surface area contributed by atoms with Crippen LogP contribution in [0, 0.1) is 6.92 Å². The predicted molar refractivity (Wildman–Crippen MR) is 111 cm³/mol. The number of carbonyl (C=O) groups is 2. The van der Waals surface area contributed by atoms with Crippen LogP contribution in [-0.2, 0) is 0 Å². The predicted octanol–water partition coefficient (Wildman–Crippen LogP) is 4.48. The average Bonchev–Trinajstić information content (AvgIpc) is 2.72. The number of ketones is 2.